The highest BCUT2D eigenvalue weighted by atomic mass is 35.5. The van der Waals surface area contributed by atoms with Crippen LogP contribution in [0, 0.1) is 17.5 Å². The van der Waals surface area contributed by atoms with Gasteiger partial charge in [0.15, 0.2) is 4.77 Å². The highest BCUT2D eigenvalue weighted by Crippen LogP contribution is 2.28. The molecule has 6 heteroatoms. The quantitative estimate of drug-likeness (QED) is 0.676. The van der Waals surface area contributed by atoms with Gasteiger partial charge in [0.25, 0.3) is 0 Å². The standard InChI is InChI=1S/C14H12ClFN2OS/c1-7-3-4-13(19-7)8(2)18-12-6-10(16)9(15)5-11(12)17-14(18)20/h3-6,8H,1-2H3,(H,17,20). The largest absolute Gasteiger partial charge is 0.464 e. The van der Waals surface area contributed by atoms with Crippen LogP contribution in [0.3, 0.4) is 0 Å². The third kappa shape index (κ3) is 2.07. The fourth-order valence-corrected chi connectivity index (χ4v) is 2.84. The number of nitrogens with one attached hydrogen (secondary N) is 1. The molecule has 1 aromatic carbocycles. The maximum Gasteiger partial charge on any atom is 0.178 e. The van der Waals surface area contributed by atoms with E-state index in [1.807, 2.05) is 30.5 Å². The van der Waals surface area contributed by atoms with Crippen molar-refractivity contribution in [1.82, 2.24) is 9.55 Å². The molecule has 0 amide bonds. The first-order valence-corrected chi connectivity index (χ1v) is 6.91. The number of hydrogen-bond donors (Lipinski definition) is 1. The van der Waals surface area contributed by atoms with Crippen molar-refractivity contribution < 1.29 is 8.81 Å². The van der Waals surface area contributed by atoms with Gasteiger partial charge >= 0.3 is 0 Å². The lowest BCUT2D eigenvalue weighted by molar-refractivity contribution is 0.431. The summed E-state index contributed by atoms with van der Waals surface area (Å²) in [5, 5.41) is 0.0717. The topological polar surface area (TPSA) is 33.9 Å². The van der Waals surface area contributed by atoms with Crippen molar-refractivity contribution in [3.63, 3.8) is 0 Å². The Labute approximate surface area is 125 Å². The molecular weight excluding hydrogens is 299 g/mol. The van der Waals surface area contributed by atoms with Gasteiger partial charge in [-0.2, -0.15) is 0 Å². The van der Waals surface area contributed by atoms with Gasteiger partial charge in [0, 0.05) is 6.07 Å². The van der Waals surface area contributed by atoms with Crippen molar-refractivity contribution in [2.24, 2.45) is 0 Å². The van der Waals surface area contributed by atoms with Gasteiger partial charge in [-0.05, 0) is 44.3 Å². The molecule has 0 radical (unpaired) electrons. The summed E-state index contributed by atoms with van der Waals surface area (Å²) < 4.78 is 21.6. The molecule has 0 aliphatic heterocycles. The van der Waals surface area contributed by atoms with Crippen LogP contribution in [0.5, 0.6) is 0 Å². The molecule has 0 aliphatic rings. The number of imidazole rings is 1. The van der Waals surface area contributed by atoms with Crippen molar-refractivity contribution in [3.05, 3.63) is 51.4 Å². The van der Waals surface area contributed by atoms with Crippen LogP contribution in [0.15, 0.2) is 28.7 Å². The minimum Gasteiger partial charge on any atom is -0.464 e. The normalized spacial score (nSPS) is 13.0. The zero-order chi connectivity index (χ0) is 14.4. The maximum atomic E-state index is 13.7. The lowest BCUT2D eigenvalue weighted by Crippen LogP contribution is -2.05. The third-order valence-corrected chi connectivity index (χ3v) is 3.91. The zero-order valence-corrected chi connectivity index (χ0v) is 12.5. The Morgan fingerprint density at radius 2 is 2.15 bits per heavy atom. The van der Waals surface area contributed by atoms with Crippen molar-refractivity contribution in [1.29, 1.82) is 0 Å². The number of benzene rings is 1. The first-order chi connectivity index (χ1) is 9.47. The molecule has 0 saturated heterocycles. The van der Waals surface area contributed by atoms with Crippen LogP contribution in [0.4, 0.5) is 4.39 Å². The molecule has 0 saturated carbocycles. The van der Waals surface area contributed by atoms with Crippen molar-refractivity contribution >= 4 is 34.9 Å². The number of aryl methyl sites for hydroxylation is 1. The van der Waals surface area contributed by atoms with Gasteiger partial charge in [-0.25, -0.2) is 4.39 Å². The molecule has 1 N–H and O–H groups in total. The third-order valence-electron chi connectivity index (χ3n) is 3.32. The molecule has 3 rings (SSSR count). The second-order valence-electron chi connectivity index (χ2n) is 4.71. The molecule has 0 aliphatic carbocycles. The van der Waals surface area contributed by atoms with E-state index in [0.717, 1.165) is 11.5 Å². The van der Waals surface area contributed by atoms with E-state index in [1.165, 1.54) is 6.07 Å². The molecule has 0 fully saturated rings. The minimum absolute atomic E-state index is 0.0717. The van der Waals surface area contributed by atoms with Crippen LogP contribution in [-0.4, -0.2) is 9.55 Å². The number of fused-ring (bicyclic) bond motifs is 1. The number of aromatic nitrogens is 2. The predicted octanol–water partition coefficient (Wildman–Crippen LogP) is 5.00. The molecule has 2 heterocycles. The van der Waals surface area contributed by atoms with Crippen LogP contribution in [-0.2, 0) is 0 Å². The summed E-state index contributed by atoms with van der Waals surface area (Å²) in [4.78, 5) is 3.04. The molecule has 104 valence electrons. The number of halogens is 2. The average Bonchev–Trinajstić information content (AvgIpc) is 2.93. The molecular formula is C14H12ClFN2OS. The van der Waals surface area contributed by atoms with E-state index in [9.17, 15) is 4.39 Å². The Kier molecular flexibility index (Phi) is 3.18. The monoisotopic (exact) mass is 310 g/mol. The van der Waals surface area contributed by atoms with Crippen LogP contribution < -0.4 is 0 Å². The van der Waals surface area contributed by atoms with Crippen molar-refractivity contribution in [2.45, 2.75) is 19.9 Å². The van der Waals surface area contributed by atoms with Crippen molar-refractivity contribution in [3.8, 4) is 0 Å². The highest BCUT2D eigenvalue weighted by Gasteiger charge is 2.17. The first kappa shape index (κ1) is 13.4. The van der Waals surface area contributed by atoms with E-state index in [2.05, 4.69) is 4.98 Å². The fourth-order valence-electron chi connectivity index (χ4n) is 2.31. The van der Waals surface area contributed by atoms with Gasteiger partial charge in [-0.15, -0.1) is 0 Å². The van der Waals surface area contributed by atoms with Gasteiger partial charge in [-0.3, -0.25) is 0 Å². The van der Waals surface area contributed by atoms with Gasteiger partial charge in [0.2, 0.25) is 0 Å². The van der Waals surface area contributed by atoms with E-state index < -0.39 is 5.82 Å². The summed E-state index contributed by atoms with van der Waals surface area (Å²) in [7, 11) is 0. The highest BCUT2D eigenvalue weighted by molar-refractivity contribution is 7.71. The number of aromatic amines is 1. The summed E-state index contributed by atoms with van der Waals surface area (Å²) in [5.74, 6) is 1.13. The number of nitrogens with zero attached hydrogens (tertiary/aromatic N) is 1. The molecule has 1 atom stereocenters. The van der Waals surface area contributed by atoms with Crippen LogP contribution in [0.2, 0.25) is 5.02 Å². The second kappa shape index (κ2) is 4.75. The number of H-pyrrole nitrogens is 1. The van der Waals surface area contributed by atoms with E-state index in [1.54, 1.807) is 6.07 Å². The number of furan rings is 1. The summed E-state index contributed by atoms with van der Waals surface area (Å²) >= 11 is 11.1. The van der Waals surface area contributed by atoms with E-state index in [4.69, 9.17) is 28.2 Å². The summed E-state index contributed by atoms with van der Waals surface area (Å²) in [6.45, 7) is 3.83. The Hall–Kier alpha value is -1.59. The SMILES string of the molecule is Cc1ccc(C(C)n2c(=S)[nH]c3cc(Cl)c(F)cc32)o1. The van der Waals surface area contributed by atoms with Crippen LogP contribution >= 0.6 is 23.8 Å². The van der Waals surface area contributed by atoms with E-state index in [-0.39, 0.29) is 11.1 Å². The van der Waals surface area contributed by atoms with Gasteiger partial charge in [0.1, 0.15) is 17.3 Å². The first-order valence-electron chi connectivity index (χ1n) is 6.13. The van der Waals surface area contributed by atoms with Crippen LogP contribution in [0.1, 0.15) is 24.5 Å². The number of rotatable bonds is 2. The molecule has 20 heavy (non-hydrogen) atoms. The second-order valence-corrected chi connectivity index (χ2v) is 5.50. The van der Waals surface area contributed by atoms with Gasteiger partial charge in [0.05, 0.1) is 22.1 Å². The Morgan fingerprint density at radius 3 is 2.80 bits per heavy atom. The van der Waals surface area contributed by atoms with E-state index >= 15 is 0 Å². The molecule has 2 aromatic heterocycles. The maximum absolute atomic E-state index is 13.7. The molecule has 3 aromatic rings. The molecule has 0 bridgehead atoms. The average molecular weight is 311 g/mol. The minimum atomic E-state index is -0.468. The predicted molar refractivity (Wildman–Crippen MR) is 79.3 cm³/mol. The molecule has 1 unspecified atom stereocenters. The smallest absolute Gasteiger partial charge is 0.178 e. The molecule has 0 spiro atoms. The zero-order valence-electron chi connectivity index (χ0n) is 10.9. The van der Waals surface area contributed by atoms with E-state index in [0.29, 0.717) is 15.8 Å². The Bertz CT molecular complexity index is 849. The lowest BCUT2D eigenvalue weighted by atomic mass is 10.2. The number of hydrogen-bond acceptors (Lipinski definition) is 2. The van der Waals surface area contributed by atoms with Crippen molar-refractivity contribution in [2.75, 3.05) is 0 Å². The summed E-state index contributed by atoms with van der Waals surface area (Å²) in [6, 6.07) is 6.58. The van der Waals surface area contributed by atoms with Gasteiger partial charge in [-0.1, -0.05) is 11.6 Å². The fraction of sp³-hybridized carbons (Fsp3) is 0.214. The Morgan fingerprint density at radius 1 is 1.40 bits per heavy atom. The summed E-state index contributed by atoms with van der Waals surface area (Å²) in [6.07, 6.45) is 0. The summed E-state index contributed by atoms with van der Waals surface area (Å²) in [5.41, 5.74) is 1.37. The Balaban J connectivity index is 2.23. The van der Waals surface area contributed by atoms with Gasteiger partial charge < -0.3 is 14.0 Å². The molecule has 3 nitrogen and oxygen atoms in total. The lowest BCUT2D eigenvalue weighted by Gasteiger charge is -2.12. The van der Waals surface area contributed by atoms with Crippen LogP contribution in [0.25, 0.3) is 11.0 Å².